The number of carbonyl (C=O) groups is 5. The number of fused-ring (bicyclic) bond motifs is 1. The van der Waals surface area contributed by atoms with Crippen LogP contribution in [0.1, 0.15) is 57.9 Å². The SMILES string of the molecule is CCC(C)C(N)C(=O)NC(Cc1c[nH]c2ccccc12)C(=O)NC(CCCCN)C(=O)NC(CCC(N)=O)C(=O)O. The van der Waals surface area contributed by atoms with E-state index in [1.165, 1.54) is 0 Å². The normalized spacial score (nSPS) is 14.8. The second kappa shape index (κ2) is 16.3. The number of rotatable bonds is 18. The molecular formula is C28H43N7O6. The van der Waals surface area contributed by atoms with Gasteiger partial charge in [0.15, 0.2) is 0 Å². The standard InChI is InChI=1S/C28H43N7O6/c1-3-16(2)24(31)27(39)35-22(14-17-15-32-19-9-5-4-8-18(17)19)26(38)33-20(10-6-7-13-29)25(37)34-21(28(40)41)11-12-23(30)36/h4-5,8-9,15-16,20-22,24,32H,3,6-7,10-14,29,31H2,1-2H3,(H2,30,36)(H,33,38)(H,34,37)(H,35,39)(H,40,41). The van der Waals surface area contributed by atoms with Gasteiger partial charge in [0.25, 0.3) is 0 Å². The van der Waals surface area contributed by atoms with E-state index in [2.05, 4.69) is 20.9 Å². The molecule has 41 heavy (non-hydrogen) atoms. The van der Waals surface area contributed by atoms with Gasteiger partial charge in [0.2, 0.25) is 23.6 Å². The number of nitrogens with two attached hydrogens (primary N) is 3. The van der Waals surface area contributed by atoms with E-state index in [0.29, 0.717) is 25.8 Å². The Morgan fingerprint density at radius 1 is 0.927 bits per heavy atom. The van der Waals surface area contributed by atoms with Crippen LogP contribution in [0.5, 0.6) is 0 Å². The average Bonchev–Trinajstić information content (AvgIpc) is 3.35. The Morgan fingerprint density at radius 3 is 2.20 bits per heavy atom. The molecule has 5 unspecified atom stereocenters. The Morgan fingerprint density at radius 2 is 1.56 bits per heavy atom. The Balaban J connectivity index is 2.30. The molecule has 4 amide bonds. The third-order valence-electron chi connectivity index (χ3n) is 7.17. The number of carboxylic acids is 1. The third kappa shape index (κ3) is 10.2. The number of hydrogen-bond donors (Lipinski definition) is 8. The lowest BCUT2D eigenvalue weighted by Crippen LogP contribution is -2.58. The molecule has 1 aromatic heterocycles. The Bertz CT molecular complexity index is 1200. The summed E-state index contributed by atoms with van der Waals surface area (Å²) in [7, 11) is 0. The molecule has 1 aromatic carbocycles. The Kier molecular flexibility index (Phi) is 13.2. The molecule has 0 aliphatic heterocycles. The zero-order valence-electron chi connectivity index (χ0n) is 23.7. The van der Waals surface area contributed by atoms with Crippen molar-refractivity contribution in [2.24, 2.45) is 23.1 Å². The van der Waals surface area contributed by atoms with E-state index in [-0.39, 0.29) is 31.6 Å². The maximum absolute atomic E-state index is 13.6. The van der Waals surface area contributed by atoms with Crippen LogP contribution in [0, 0.1) is 5.92 Å². The van der Waals surface area contributed by atoms with Crippen molar-refractivity contribution in [1.29, 1.82) is 0 Å². The first-order valence-corrected chi connectivity index (χ1v) is 13.9. The molecule has 0 spiro atoms. The van der Waals surface area contributed by atoms with Crippen molar-refractivity contribution >= 4 is 40.5 Å². The number of carbonyl (C=O) groups excluding carboxylic acids is 4. The summed E-state index contributed by atoms with van der Waals surface area (Å²) in [5.41, 5.74) is 18.5. The highest BCUT2D eigenvalue weighted by Gasteiger charge is 2.31. The van der Waals surface area contributed by atoms with Gasteiger partial charge in [-0.1, -0.05) is 38.5 Å². The van der Waals surface area contributed by atoms with Crippen LogP contribution in [-0.2, 0) is 30.4 Å². The van der Waals surface area contributed by atoms with Crippen LogP contribution >= 0.6 is 0 Å². The number of unbranched alkanes of at least 4 members (excludes halogenated alkanes) is 1. The van der Waals surface area contributed by atoms with Gasteiger partial charge in [-0.25, -0.2) is 4.79 Å². The fourth-order valence-corrected chi connectivity index (χ4v) is 4.36. The van der Waals surface area contributed by atoms with Crippen LogP contribution in [0.15, 0.2) is 30.5 Å². The molecule has 2 rings (SSSR count). The number of hydrogen-bond acceptors (Lipinski definition) is 7. The second-order valence-electron chi connectivity index (χ2n) is 10.3. The summed E-state index contributed by atoms with van der Waals surface area (Å²) in [4.78, 5) is 65.8. The summed E-state index contributed by atoms with van der Waals surface area (Å²) in [5, 5.41) is 18.2. The van der Waals surface area contributed by atoms with Gasteiger partial charge in [0, 0.05) is 29.9 Å². The molecule has 0 aliphatic carbocycles. The number of amides is 4. The molecule has 0 bridgehead atoms. The van der Waals surface area contributed by atoms with Crippen molar-refractivity contribution in [3.05, 3.63) is 36.0 Å². The van der Waals surface area contributed by atoms with E-state index in [0.717, 1.165) is 16.5 Å². The Labute approximate surface area is 239 Å². The maximum Gasteiger partial charge on any atom is 0.326 e. The van der Waals surface area contributed by atoms with Crippen molar-refractivity contribution in [2.75, 3.05) is 6.54 Å². The molecule has 1 heterocycles. The van der Waals surface area contributed by atoms with E-state index in [9.17, 15) is 29.1 Å². The highest BCUT2D eigenvalue weighted by Crippen LogP contribution is 2.19. The topological polar surface area (TPSA) is 236 Å². The average molecular weight is 574 g/mol. The lowest BCUT2D eigenvalue weighted by molar-refractivity contribution is -0.142. The zero-order chi connectivity index (χ0) is 30.5. The number of aromatic nitrogens is 1. The molecular weight excluding hydrogens is 530 g/mol. The predicted octanol–water partition coefficient (Wildman–Crippen LogP) is 0.0173. The van der Waals surface area contributed by atoms with Crippen LogP contribution < -0.4 is 33.2 Å². The van der Waals surface area contributed by atoms with Crippen LogP contribution in [-0.4, -0.2) is 70.4 Å². The van der Waals surface area contributed by atoms with Crippen molar-refractivity contribution < 1.29 is 29.1 Å². The summed E-state index contributed by atoms with van der Waals surface area (Å²) < 4.78 is 0. The molecule has 0 saturated heterocycles. The predicted molar refractivity (Wildman–Crippen MR) is 154 cm³/mol. The fraction of sp³-hybridized carbons (Fsp3) is 0.536. The molecule has 2 aromatic rings. The number of aliphatic carboxylic acids is 1. The van der Waals surface area contributed by atoms with Gasteiger partial charge in [-0.05, 0) is 49.8 Å². The molecule has 13 heteroatoms. The molecule has 5 atom stereocenters. The summed E-state index contributed by atoms with van der Waals surface area (Å²) in [6.07, 6.45) is 3.32. The molecule has 0 saturated carbocycles. The van der Waals surface area contributed by atoms with E-state index < -0.39 is 53.8 Å². The molecule has 0 aliphatic rings. The van der Waals surface area contributed by atoms with Gasteiger partial charge >= 0.3 is 5.97 Å². The number of primary amides is 1. The lowest BCUT2D eigenvalue weighted by Gasteiger charge is -2.26. The van der Waals surface area contributed by atoms with Gasteiger partial charge in [-0.3, -0.25) is 19.2 Å². The highest BCUT2D eigenvalue weighted by molar-refractivity contribution is 5.95. The number of H-pyrrole nitrogens is 1. The lowest BCUT2D eigenvalue weighted by atomic mass is 9.98. The van der Waals surface area contributed by atoms with Gasteiger partial charge in [0.05, 0.1) is 6.04 Å². The van der Waals surface area contributed by atoms with E-state index in [4.69, 9.17) is 17.2 Å². The minimum atomic E-state index is -1.38. The molecule has 11 N–H and O–H groups in total. The van der Waals surface area contributed by atoms with Crippen molar-refractivity contribution in [3.63, 3.8) is 0 Å². The Hall–Kier alpha value is -3.97. The minimum Gasteiger partial charge on any atom is -0.480 e. The van der Waals surface area contributed by atoms with Crippen LogP contribution in [0.3, 0.4) is 0 Å². The van der Waals surface area contributed by atoms with E-state index in [1.54, 1.807) is 6.20 Å². The first kappa shape index (κ1) is 33.2. The zero-order valence-corrected chi connectivity index (χ0v) is 23.7. The van der Waals surface area contributed by atoms with Crippen molar-refractivity contribution in [2.45, 2.75) is 83.0 Å². The summed E-state index contributed by atoms with van der Waals surface area (Å²) in [6.45, 7) is 4.12. The largest absolute Gasteiger partial charge is 0.480 e. The first-order chi connectivity index (χ1) is 19.5. The third-order valence-corrected chi connectivity index (χ3v) is 7.17. The number of aromatic amines is 1. The number of benzene rings is 1. The van der Waals surface area contributed by atoms with Crippen LogP contribution in [0.4, 0.5) is 0 Å². The molecule has 0 fully saturated rings. The first-order valence-electron chi connectivity index (χ1n) is 13.9. The van der Waals surface area contributed by atoms with Gasteiger partial charge in [-0.15, -0.1) is 0 Å². The molecule has 0 radical (unpaired) electrons. The van der Waals surface area contributed by atoms with Gasteiger partial charge < -0.3 is 43.2 Å². The maximum atomic E-state index is 13.6. The summed E-state index contributed by atoms with van der Waals surface area (Å²) in [5.74, 6) is -4.03. The summed E-state index contributed by atoms with van der Waals surface area (Å²) in [6, 6.07) is 3.10. The number of para-hydroxylation sites is 1. The smallest absolute Gasteiger partial charge is 0.326 e. The minimum absolute atomic E-state index is 0.113. The van der Waals surface area contributed by atoms with Crippen LogP contribution in [0.2, 0.25) is 0 Å². The molecule has 13 nitrogen and oxygen atoms in total. The van der Waals surface area contributed by atoms with Crippen LogP contribution in [0.25, 0.3) is 10.9 Å². The van der Waals surface area contributed by atoms with Crippen molar-refractivity contribution in [3.8, 4) is 0 Å². The van der Waals surface area contributed by atoms with E-state index >= 15 is 0 Å². The van der Waals surface area contributed by atoms with E-state index in [1.807, 2.05) is 38.1 Å². The number of carboxylic acid groups (broad SMARTS) is 1. The highest BCUT2D eigenvalue weighted by atomic mass is 16.4. The number of nitrogens with one attached hydrogen (secondary N) is 4. The quantitative estimate of drug-likeness (QED) is 0.113. The summed E-state index contributed by atoms with van der Waals surface area (Å²) >= 11 is 0. The monoisotopic (exact) mass is 573 g/mol. The second-order valence-corrected chi connectivity index (χ2v) is 10.3. The molecule has 226 valence electrons. The van der Waals surface area contributed by atoms with Gasteiger partial charge in [-0.2, -0.15) is 0 Å². The van der Waals surface area contributed by atoms with Crippen molar-refractivity contribution in [1.82, 2.24) is 20.9 Å². The fourth-order valence-electron chi connectivity index (χ4n) is 4.36. The van der Waals surface area contributed by atoms with Gasteiger partial charge in [0.1, 0.15) is 18.1 Å².